The van der Waals surface area contributed by atoms with Crippen LogP contribution in [-0.2, 0) is 4.79 Å². The fourth-order valence-electron chi connectivity index (χ4n) is 2.71. The molecule has 1 aromatic rings. The molecular weight excluding hydrogens is 336 g/mol. The normalized spacial score (nSPS) is 15.8. The molecule has 1 heterocycles. The van der Waals surface area contributed by atoms with Crippen molar-refractivity contribution in [3.63, 3.8) is 0 Å². The van der Waals surface area contributed by atoms with Gasteiger partial charge in [0.2, 0.25) is 5.91 Å². The van der Waals surface area contributed by atoms with Gasteiger partial charge in [0.15, 0.2) is 11.5 Å². The number of methoxy groups -OCH3 is 3. The van der Waals surface area contributed by atoms with E-state index in [1.54, 1.807) is 33.5 Å². The monoisotopic (exact) mass is 364 g/mol. The van der Waals surface area contributed by atoms with E-state index in [2.05, 4.69) is 27.4 Å². The quantitative estimate of drug-likeness (QED) is 0.543. The summed E-state index contributed by atoms with van der Waals surface area (Å²) in [5.74, 6) is 1.60. The molecule has 1 amide bonds. The minimum Gasteiger partial charge on any atom is -0.496 e. The van der Waals surface area contributed by atoms with Gasteiger partial charge < -0.3 is 24.0 Å². The fraction of sp³-hybridized carbons (Fsp3) is 0.556. The average Bonchev–Trinajstić information content (AvgIpc) is 2.67. The van der Waals surface area contributed by atoms with Crippen LogP contribution in [0, 0.1) is 0 Å². The van der Waals surface area contributed by atoms with E-state index in [1.807, 2.05) is 0 Å². The van der Waals surface area contributed by atoms with Crippen LogP contribution in [0.2, 0.25) is 0 Å². The standard InChI is InChI=1S/C18H28N4O4/c1-21-7-9-22(10-8-21)6-5-18(23)20-19-13-14-11-16(25-3)17(26-4)12-15(14)24-2/h11-13H,5-10H2,1-4H3,(H,20,23)/b19-13-. The van der Waals surface area contributed by atoms with Gasteiger partial charge in [-0.05, 0) is 13.1 Å². The summed E-state index contributed by atoms with van der Waals surface area (Å²) in [6.45, 7) is 4.82. The maximum atomic E-state index is 12.0. The Balaban J connectivity index is 1.88. The van der Waals surface area contributed by atoms with Gasteiger partial charge in [-0.3, -0.25) is 4.79 Å². The van der Waals surface area contributed by atoms with Gasteiger partial charge in [-0.15, -0.1) is 0 Å². The van der Waals surface area contributed by atoms with Gasteiger partial charge in [0.05, 0.1) is 27.5 Å². The number of nitrogens with one attached hydrogen (secondary N) is 1. The first-order valence-electron chi connectivity index (χ1n) is 8.60. The third kappa shape index (κ3) is 5.60. The van der Waals surface area contributed by atoms with Crippen molar-refractivity contribution in [1.29, 1.82) is 0 Å². The second kappa shape index (κ2) is 9.98. The van der Waals surface area contributed by atoms with Crippen molar-refractivity contribution in [2.75, 3.05) is 61.1 Å². The molecule has 1 aliphatic heterocycles. The molecule has 1 N–H and O–H groups in total. The molecule has 0 spiro atoms. The third-order valence-corrected chi connectivity index (χ3v) is 4.38. The SMILES string of the molecule is COc1cc(OC)c(OC)cc1/C=N\NC(=O)CCN1CCN(C)CC1. The first-order valence-corrected chi connectivity index (χ1v) is 8.60. The van der Waals surface area contributed by atoms with Crippen LogP contribution >= 0.6 is 0 Å². The van der Waals surface area contributed by atoms with Crippen molar-refractivity contribution < 1.29 is 19.0 Å². The van der Waals surface area contributed by atoms with E-state index >= 15 is 0 Å². The molecule has 0 bridgehead atoms. The van der Waals surface area contributed by atoms with Crippen molar-refractivity contribution >= 4 is 12.1 Å². The lowest BCUT2D eigenvalue weighted by Crippen LogP contribution is -2.45. The second-order valence-electron chi connectivity index (χ2n) is 6.14. The summed E-state index contributed by atoms with van der Waals surface area (Å²) >= 11 is 0. The molecule has 2 rings (SSSR count). The lowest BCUT2D eigenvalue weighted by molar-refractivity contribution is -0.121. The first kappa shape index (κ1) is 20.0. The number of piperazine rings is 1. The topological polar surface area (TPSA) is 75.6 Å². The minimum absolute atomic E-state index is 0.111. The summed E-state index contributed by atoms with van der Waals surface area (Å²) in [5, 5.41) is 4.03. The largest absolute Gasteiger partial charge is 0.496 e. The Morgan fingerprint density at radius 1 is 1.08 bits per heavy atom. The zero-order valence-corrected chi connectivity index (χ0v) is 15.9. The number of ether oxygens (including phenoxy) is 3. The zero-order chi connectivity index (χ0) is 18.9. The van der Waals surface area contributed by atoms with Crippen LogP contribution in [0.3, 0.4) is 0 Å². The van der Waals surface area contributed by atoms with Gasteiger partial charge in [0.25, 0.3) is 0 Å². The predicted octanol–water partition coefficient (Wildman–Crippen LogP) is 0.800. The van der Waals surface area contributed by atoms with Crippen LogP contribution in [0.4, 0.5) is 0 Å². The van der Waals surface area contributed by atoms with Crippen LogP contribution in [0.25, 0.3) is 0 Å². The van der Waals surface area contributed by atoms with Crippen molar-refractivity contribution in [3.05, 3.63) is 17.7 Å². The van der Waals surface area contributed by atoms with E-state index in [4.69, 9.17) is 14.2 Å². The zero-order valence-electron chi connectivity index (χ0n) is 15.9. The van der Waals surface area contributed by atoms with Crippen molar-refractivity contribution in [2.45, 2.75) is 6.42 Å². The molecule has 1 aliphatic rings. The number of carbonyl (C=O) groups is 1. The Hall–Kier alpha value is -2.32. The van der Waals surface area contributed by atoms with Gasteiger partial charge in [-0.25, -0.2) is 5.43 Å². The number of hydrogen-bond acceptors (Lipinski definition) is 7. The van der Waals surface area contributed by atoms with Crippen molar-refractivity contribution in [1.82, 2.24) is 15.2 Å². The van der Waals surface area contributed by atoms with Crippen LogP contribution < -0.4 is 19.6 Å². The molecule has 26 heavy (non-hydrogen) atoms. The van der Waals surface area contributed by atoms with Gasteiger partial charge in [0.1, 0.15) is 5.75 Å². The van der Waals surface area contributed by atoms with Gasteiger partial charge >= 0.3 is 0 Å². The third-order valence-electron chi connectivity index (χ3n) is 4.38. The van der Waals surface area contributed by atoms with Crippen LogP contribution in [0.15, 0.2) is 17.2 Å². The maximum Gasteiger partial charge on any atom is 0.241 e. The number of rotatable bonds is 8. The molecule has 8 heteroatoms. The van der Waals surface area contributed by atoms with Gasteiger partial charge in [-0.1, -0.05) is 0 Å². The average molecular weight is 364 g/mol. The summed E-state index contributed by atoms with van der Waals surface area (Å²) in [5.41, 5.74) is 3.25. The molecule has 1 fully saturated rings. The highest BCUT2D eigenvalue weighted by Crippen LogP contribution is 2.33. The number of benzene rings is 1. The lowest BCUT2D eigenvalue weighted by Gasteiger charge is -2.32. The highest BCUT2D eigenvalue weighted by atomic mass is 16.5. The second-order valence-corrected chi connectivity index (χ2v) is 6.14. The molecule has 8 nitrogen and oxygen atoms in total. The number of carbonyl (C=O) groups excluding carboxylic acids is 1. The Morgan fingerprint density at radius 2 is 1.69 bits per heavy atom. The highest BCUT2D eigenvalue weighted by Gasteiger charge is 2.14. The molecular formula is C18H28N4O4. The van der Waals surface area contributed by atoms with E-state index in [-0.39, 0.29) is 5.91 Å². The van der Waals surface area contributed by atoms with Crippen LogP contribution in [-0.4, -0.2) is 83.0 Å². The van der Waals surface area contributed by atoms with Gasteiger partial charge in [-0.2, -0.15) is 5.10 Å². The van der Waals surface area contributed by atoms with E-state index in [0.717, 1.165) is 32.7 Å². The minimum atomic E-state index is -0.111. The molecule has 0 unspecified atom stereocenters. The highest BCUT2D eigenvalue weighted by molar-refractivity contribution is 5.86. The van der Waals surface area contributed by atoms with Crippen molar-refractivity contribution in [3.8, 4) is 17.2 Å². The Kier molecular flexibility index (Phi) is 7.68. The fourth-order valence-corrected chi connectivity index (χ4v) is 2.71. The summed E-state index contributed by atoms with van der Waals surface area (Å²) in [6, 6.07) is 3.47. The summed E-state index contributed by atoms with van der Waals surface area (Å²) in [6.07, 6.45) is 1.96. The first-order chi connectivity index (χ1) is 12.6. The van der Waals surface area contributed by atoms with Crippen LogP contribution in [0.1, 0.15) is 12.0 Å². The summed E-state index contributed by atoms with van der Waals surface area (Å²) < 4.78 is 15.9. The predicted molar refractivity (Wildman–Crippen MR) is 100 cm³/mol. The molecule has 144 valence electrons. The number of nitrogens with zero attached hydrogens (tertiary/aromatic N) is 3. The molecule has 1 saturated heterocycles. The number of hydrazone groups is 1. The number of likely N-dealkylation sites (N-methyl/N-ethyl adjacent to an activating group) is 1. The van der Waals surface area contributed by atoms with Crippen molar-refractivity contribution in [2.24, 2.45) is 5.10 Å². The molecule has 0 atom stereocenters. The maximum absolute atomic E-state index is 12.0. The summed E-state index contributed by atoms with van der Waals surface area (Å²) in [4.78, 5) is 16.6. The smallest absolute Gasteiger partial charge is 0.241 e. The van der Waals surface area contributed by atoms with E-state index in [1.165, 1.54) is 6.21 Å². The Bertz CT molecular complexity index is 628. The molecule has 0 saturated carbocycles. The lowest BCUT2D eigenvalue weighted by atomic mass is 10.2. The van der Waals surface area contributed by atoms with E-state index < -0.39 is 0 Å². The van der Waals surface area contributed by atoms with Crippen LogP contribution in [0.5, 0.6) is 17.2 Å². The summed E-state index contributed by atoms with van der Waals surface area (Å²) in [7, 11) is 6.80. The molecule has 1 aromatic carbocycles. The van der Waals surface area contributed by atoms with E-state index in [9.17, 15) is 4.79 Å². The Labute approximate surface area is 154 Å². The van der Waals surface area contributed by atoms with Gasteiger partial charge in [0, 0.05) is 50.8 Å². The number of hydrogen-bond donors (Lipinski definition) is 1. The number of amides is 1. The van der Waals surface area contributed by atoms with E-state index in [0.29, 0.717) is 29.2 Å². The molecule has 0 aromatic heterocycles. The molecule has 0 radical (unpaired) electrons. The Morgan fingerprint density at radius 3 is 2.31 bits per heavy atom. The molecule has 0 aliphatic carbocycles.